The highest BCUT2D eigenvalue weighted by atomic mass is 16.5. The van der Waals surface area contributed by atoms with Crippen molar-refractivity contribution < 1.29 is 14.3 Å². The van der Waals surface area contributed by atoms with E-state index in [1.807, 2.05) is 11.9 Å². The van der Waals surface area contributed by atoms with E-state index in [0.29, 0.717) is 0 Å². The quantitative estimate of drug-likeness (QED) is 0.812. The van der Waals surface area contributed by atoms with Crippen molar-refractivity contribution in [3.63, 3.8) is 0 Å². The molecule has 0 aromatic heterocycles. The van der Waals surface area contributed by atoms with Crippen molar-refractivity contribution in [2.75, 3.05) is 26.9 Å². The highest BCUT2D eigenvalue weighted by Crippen LogP contribution is 2.58. The third-order valence-corrected chi connectivity index (χ3v) is 5.87. The second kappa shape index (κ2) is 4.68. The summed E-state index contributed by atoms with van der Waals surface area (Å²) in [5, 5.41) is 0. The van der Waals surface area contributed by atoms with Crippen LogP contribution in [0.15, 0.2) is 0 Å². The van der Waals surface area contributed by atoms with Gasteiger partial charge in [0, 0.05) is 44.2 Å². The van der Waals surface area contributed by atoms with Crippen molar-refractivity contribution >= 4 is 5.91 Å². The number of likely N-dealkylation sites (N-methyl/N-ethyl adjacent to an activating group) is 1. The van der Waals surface area contributed by atoms with Crippen LogP contribution in [-0.2, 0) is 14.3 Å². The van der Waals surface area contributed by atoms with E-state index in [4.69, 9.17) is 15.2 Å². The molecule has 0 bridgehead atoms. The Hall–Kier alpha value is -0.650. The smallest absolute Gasteiger partial charge is 0.243 e. The molecule has 1 aliphatic carbocycles. The van der Waals surface area contributed by atoms with Gasteiger partial charge in [0.1, 0.15) is 5.54 Å². The molecule has 3 rings (SSSR count). The van der Waals surface area contributed by atoms with Crippen LogP contribution in [0.5, 0.6) is 0 Å². The van der Waals surface area contributed by atoms with Gasteiger partial charge in [0.25, 0.3) is 0 Å². The van der Waals surface area contributed by atoms with Gasteiger partial charge >= 0.3 is 0 Å². The zero-order chi connectivity index (χ0) is 14.5. The average molecular weight is 282 g/mol. The molecule has 2 saturated heterocycles. The summed E-state index contributed by atoms with van der Waals surface area (Å²) in [7, 11) is 1.89. The predicted octanol–water partition coefficient (Wildman–Crippen LogP) is 0.766. The van der Waals surface area contributed by atoms with Crippen LogP contribution in [0, 0.1) is 11.3 Å². The topological polar surface area (TPSA) is 64.8 Å². The normalized spacial score (nSPS) is 40.0. The van der Waals surface area contributed by atoms with Crippen LogP contribution < -0.4 is 5.73 Å². The van der Waals surface area contributed by atoms with Gasteiger partial charge in [-0.2, -0.15) is 0 Å². The Morgan fingerprint density at radius 2 is 1.85 bits per heavy atom. The molecular weight excluding hydrogens is 256 g/mol. The largest absolute Gasteiger partial charge is 0.381 e. The Morgan fingerprint density at radius 1 is 1.20 bits per heavy atom. The molecule has 5 heteroatoms. The monoisotopic (exact) mass is 282 g/mol. The van der Waals surface area contributed by atoms with Crippen LogP contribution in [0.25, 0.3) is 0 Å². The summed E-state index contributed by atoms with van der Waals surface area (Å²) in [5.41, 5.74) is 5.55. The molecule has 1 amide bonds. The minimum atomic E-state index is -0.777. The Kier molecular flexibility index (Phi) is 3.35. The Bertz CT molecular complexity index is 406. The molecule has 2 N–H and O–H groups in total. The first kappa shape index (κ1) is 14.3. The Labute approximate surface area is 120 Å². The van der Waals surface area contributed by atoms with Gasteiger partial charge in [-0.05, 0) is 19.3 Å². The number of ether oxygens (including phenoxy) is 2. The molecule has 0 aromatic rings. The van der Waals surface area contributed by atoms with E-state index in [1.54, 1.807) is 0 Å². The first-order chi connectivity index (χ1) is 9.40. The zero-order valence-electron chi connectivity index (χ0n) is 12.7. The number of nitrogens with two attached hydrogens (primary N) is 1. The molecule has 5 nitrogen and oxygen atoms in total. The minimum absolute atomic E-state index is 0.0844. The molecule has 2 aliphatic heterocycles. The van der Waals surface area contributed by atoms with E-state index in [9.17, 15) is 4.79 Å². The fourth-order valence-electron chi connectivity index (χ4n) is 4.35. The molecule has 1 saturated carbocycles. The van der Waals surface area contributed by atoms with Crippen molar-refractivity contribution in [3.05, 3.63) is 0 Å². The second-order valence-electron chi connectivity index (χ2n) is 7.04. The minimum Gasteiger partial charge on any atom is -0.381 e. The van der Waals surface area contributed by atoms with E-state index in [2.05, 4.69) is 13.8 Å². The summed E-state index contributed by atoms with van der Waals surface area (Å²) in [4.78, 5) is 14.9. The number of hydrogen-bond donors (Lipinski definition) is 1. The fraction of sp³-hybridized carbons (Fsp3) is 0.933. The molecule has 0 spiro atoms. The highest BCUT2D eigenvalue weighted by Gasteiger charge is 2.71. The summed E-state index contributed by atoms with van der Waals surface area (Å²) in [6, 6.07) is 0.258. The number of hydrogen-bond acceptors (Lipinski definition) is 4. The molecular formula is C15H26N2O3. The van der Waals surface area contributed by atoms with Crippen molar-refractivity contribution in [3.8, 4) is 0 Å². The van der Waals surface area contributed by atoms with Crippen LogP contribution in [0.4, 0.5) is 0 Å². The molecule has 2 heterocycles. The standard InChI is InChI=1S/C15H26N2O3/c1-14(2)12-11(6-9-20-12)15(14,16)13(18)17(3)10-4-7-19-8-5-10/h10-12H,4-9,16H2,1-3H3. The van der Waals surface area contributed by atoms with Crippen LogP contribution in [0.1, 0.15) is 33.1 Å². The predicted molar refractivity (Wildman–Crippen MR) is 75.2 cm³/mol. The summed E-state index contributed by atoms with van der Waals surface area (Å²) >= 11 is 0. The summed E-state index contributed by atoms with van der Waals surface area (Å²) in [5.74, 6) is 0.258. The second-order valence-corrected chi connectivity index (χ2v) is 7.04. The lowest BCUT2D eigenvalue weighted by Gasteiger charge is -2.61. The van der Waals surface area contributed by atoms with Gasteiger partial charge in [0.05, 0.1) is 6.10 Å². The first-order valence-electron chi connectivity index (χ1n) is 7.66. The molecule has 0 aromatic carbocycles. The highest BCUT2D eigenvalue weighted by molar-refractivity contribution is 5.89. The van der Waals surface area contributed by atoms with Gasteiger partial charge in [-0.25, -0.2) is 0 Å². The van der Waals surface area contributed by atoms with Crippen molar-refractivity contribution in [1.29, 1.82) is 0 Å². The molecule has 3 unspecified atom stereocenters. The fourth-order valence-corrected chi connectivity index (χ4v) is 4.35. The summed E-state index contributed by atoms with van der Waals surface area (Å²) in [6.07, 6.45) is 2.85. The van der Waals surface area contributed by atoms with E-state index >= 15 is 0 Å². The van der Waals surface area contributed by atoms with Crippen molar-refractivity contribution in [2.45, 2.75) is 50.8 Å². The van der Waals surface area contributed by atoms with Crippen LogP contribution in [0.2, 0.25) is 0 Å². The first-order valence-corrected chi connectivity index (χ1v) is 7.66. The lowest BCUT2D eigenvalue weighted by molar-refractivity contribution is -0.186. The van der Waals surface area contributed by atoms with Crippen molar-refractivity contribution in [2.24, 2.45) is 17.1 Å². The Balaban J connectivity index is 1.78. The maximum Gasteiger partial charge on any atom is 0.243 e. The number of carbonyl (C=O) groups excluding carboxylic acids is 1. The van der Waals surface area contributed by atoms with Gasteiger partial charge in [0.15, 0.2) is 0 Å². The maximum atomic E-state index is 13.0. The lowest BCUT2D eigenvalue weighted by Crippen LogP contribution is -2.80. The van der Waals surface area contributed by atoms with Gasteiger partial charge in [-0.3, -0.25) is 4.79 Å². The van der Waals surface area contributed by atoms with Crippen LogP contribution >= 0.6 is 0 Å². The van der Waals surface area contributed by atoms with E-state index < -0.39 is 5.54 Å². The number of fused-ring (bicyclic) bond motifs is 1. The van der Waals surface area contributed by atoms with Crippen LogP contribution in [0.3, 0.4) is 0 Å². The number of amides is 1. The SMILES string of the molecule is CN(C(=O)C1(N)C2CCOC2C1(C)C)C1CCOCC1. The Morgan fingerprint density at radius 3 is 2.50 bits per heavy atom. The van der Waals surface area contributed by atoms with E-state index in [0.717, 1.165) is 39.1 Å². The van der Waals surface area contributed by atoms with Gasteiger partial charge in [0.2, 0.25) is 5.91 Å². The van der Waals surface area contributed by atoms with Crippen molar-refractivity contribution in [1.82, 2.24) is 4.90 Å². The molecule has 3 fully saturated rings. The number of rotatable bonds is 2. The van der Waals surface area contributed by atoms with E-state index in [1.165, 1.54) is 0 Å². The molecule has 114 valence electrons. The molecule has 0 radical (unpaired) electrons. The number of carbonyl (C=O) groups is 1. The van der Waals surface area contributed by atoms with Gasteiger partial charge < -0.3 is 20.1 Å². The van der Waals surface area contributed by atoms with Gasteiger partial charge in [-0.1, -0.05) is 13.8 Å². The molecule has 20 heavy (non-hydrogen) atoms. The molecule has 3 aliphatic rings. The molecule has 3 atom stereocenters. The zero-order valence-corrected chi connectivity index (χ0v) is 12.7. The summed E-state index contributed by atoms with van der Waals surface area (Å²) < 4.78 is 11.1. The van der Waals surface area contributed by atoms with Crippen LogP contribution in [-0.4, -0.2) is 55.4 Å². The third-order valence-electron chi connectivity index (χ3n) is 5.87. The lowest BCUT2D eigenvalue weighted by atomic mass is 9.47. The summed E-state index contributed by atoms with van der Waals surface area (Å²) in [6.45, 7) is 6.33. The average Bonchev–Trinajstić information content (AvgIpc) is 2.94. The third kappa shape index (κ3) is 1.69. The van der Waals surface area contributed by atoms with E-state index in [-0.39, 0.29) is 29.4 Å². The van der Waals surface area contributed by atoms with Gasteiger partial charge in [-0.15, -0.1) is 0 Å². The maximum absolute atomic E-state index is 13.0. The number of nitrogens with zero attached hydrogens (tertiary/aromatic N) is 1.